The van der Waals surface area contributed by atoms with Crippen LogP contribution in [0.3, 0.4) is 0 Å². The van der Waals surface area contributed by atoms with Crippen molar-refractivity contribution in [1.82, 2.24) is 0 Å². The Morgan fingerprint density at radius 1 is 1.12 bits per heavy atom. The van der Waals surface area contributed by atoms with Crippen molar-refractivity contribution in [3.63, 3.8) is 0 Å². The van der Waals surface area contributed by atoms with Crippen LogP contribution in [0.25, 0.3) is 0 Å². The highest BCUT2D eigenvalue weighted by Crippen LogP contribution is 2.43. The van der Waals surface area contributed by atoms with Crippen molar-refractivity contribution < 1.29 is 9.53 Å². The van der Waals surface area contributed by atoms with Crippen LogP contribution in [0.5, 0.6) is 0 Å². The molecule has 3 rings (SSSR count). The molecule has 0 aromatic heterocycles. The summed E-state index contributed by atoms with van der Waals surface area (Å²) in [4.78, 5) is 12.7. The molecule has 2 aliphatic heterocycles. The summed E-state index contributed by atoms with van der Waals surface area (Å²) in [5, 5.41) is 0. The first-order valence-electron chi connectivity index (χ1n) is 7.48. The predicted octanol–water partition coefficient (Wildman–Crippen LogP) is 3.34. The lowest BCUT2D eigenvalue weighted by Crippen LogP contribution is -2.35. The molecule has 2 heteroatoms. The molecule has 2 heterocycles. The second-order valence-electron chi connectivity index (χ2n) is 6.18. The van der Waals surface area contributed by atoms with E-state index in [0.29, 0.717) is 23.7 Å². The third-order valence-corrected chi connectivity index (χ3v) is 5.27. The van der Waals surface area contributed by atoms with E-state index in [1.165, 1.54) is 32.1 Å². The van der Waals surface area contributed by atoms with E-state index < -0.39 is 0 Å². The normalized spacial score (nSPS) is 45.1. The number of carbonyl (C=O) groups excluding carboxylic acids is 1. The van der Waals surface area contributed by atoms with Gasteiger partial charge in [-0.25, -0.2) is 0 Å². The zero-order chi connectivity index (χ0) is 11.8. The van der Waals surface area contributed by atoms with E-state index in [1.54, 1.807) is 0 Å². The number of carbonyl (C=O) groups is 1. The lowest BCUT2D eigenvalue weighted by Gasteiger charge is -2.32. The molecule has 3 aliphatic rings. The summed E-state index contributed by atoms with van der Waals surface area (Å²) in [6.45, 7) is 2.24. The van der Waals surface area contributed by atoms with E-state index in [2.05, 4.69) is 6.92 Å². The van der Waals surface area contributed by atoms with E-state index in [0.717, 1.165) is 19.3 Å². The molecule has 96 valence electrons. The Balaban J connectivity index is 1.68. The van der Waals surface area contributed by atoms with E-state index in [-0.39, 0.29) is 12.0 Å². The fourth-order valence-corrected chi connectivity index (χ4v) is 4.28. The second kappa shape index (κ2) is 4.72. The van der Waals surface area contributed by atoms with Crippen molar-refractivity contribution >= 4 is 5.78 Å². The smallest absolute Gasteiger partial charge is 0.142 e. The molecule has 2 saturated heterocycles. The highest BCUT2D eigenvalue weighted by atomic mass is 16.5. The average Bonchev–Trinajstić information content (AvgIpc) is 3.00. The predicted molar refractivity (Wildman–Crippen MR) is 66.7 cm³/mol. The van der Waals surface area contributed by atoms with Crippen LogP contribution in [-0.4, -0.2) is 18.0 Å². The number of Topliss-reactive ketones (excluding diaryl/α,β-unsaturated/α-hetero) is 1. The third kappa shape index (κ3) is 2.05. The molecule has 5 unspecified atom stereocenters. The van der Waals surface area contributed by atoms with Crippen LogP contribution >= 0.6 is 0 Å². The van der Waals surface area contributed by atoms with Crippen molar-refractivity contribution in [3.05, 3.63) is 0 Å². The van der Waals surface area contributed by atoms with Crippen LogP contribution in [-0.2, 0) is 9.53 Å². The number of hydrogen-bond acceptors (Lipinski definition) is 2. The first kappa shape index (κ1) is 11.7. The molecule has 2 bridgehead atoms. The molecular formula is C15H24O2. The summed E-state index contributed by atoms with van der Waals surface area (Å²) in [6, 6.07) is 0. The SMILES string of the molecule is CCC1CCCCC1C(=O)C1CC2CCC1O2. The molecule has 3 fully saturated rings. The quantitative estimate of drug-likeness (QED) is 0.751. The molecule has 1 aliphatic carbocycles. The molecule has 2 nitrogen and oxygen atoms in total. The highest BCUT2D eigenvalue weighted by molar-refractivity contribution is 5.84. The van der Waals surface area contributed by atoms with Gasteiger partial charge >= 0.3 is 0 Å². The minimum absolute atomic E-state index is 0.255. The Bertz CT molecular complexity index is 299. The maximum atomic E-state index is 12.7. The van der Waals surface area contributed by atoms with Crippen molar-refractivity contribution in [3.8, 4) is 0 Å². The molecule has 0 radical (unpaired) electrons. The van der Waals surface area contributed by atoms with Gasteiger partial charge in [-0.2, -0.15) is 0 Å². The van der Waals surface area contributed by atoms with Gasteiger partial charge in [0, 0.05) is 11.8 Å². The minimum atomic E-state index is 0.255. The van der Waals surface area contributed by atoms with E-state index in [1.807, 2.05) is 0 Å². The van der Waals surface area contributed by atoms with Crippen molar-refractivity contribution in [2.75, 3.05) is 0 Å². The van der Waals surface area contributed by atoms with Gasteiger partial charge in [0.05, 0.1) is 12.2 Å². The van der Waals surface area contributed by atoms with Crippen molar-refractivity contribution in [2.45, 2.75) is 70.5 Å². The van der Waals surface area contributed by atoms with Gasteiger partial charge in [0.15, 0.2) is 0 Å². The number of hydrogen-bond donors (Lipinski definition) is 0. The Morgan fingerprint density at radius 2 is 1.94 bits per heavy atom. The minimum Gasteiger partial charge on any atom is -0.374 e. The molecule has 5 atom stereocenters. The van der Waals surface area contributed by atoms with Gasteiger partial charge in [0.25, 0.3) is 0 Å². The molecular weight excluding hydrogens is 212 g/mol. The molecule has 17 heavy (non-hydrogen) atoms. The van der Waals surface area contributed by atoms with Gasteiger partial charge in [0.2, 0.25) is 0 Å². The maximum absolute atomic E-state index is 12.7. The summed E-state index contributed by atoms with van der Waals surface area (Å²) >= 11 is 0. The van der Waals surface area contributed by atoms with Gasteiger partial charge in [-0.05, 0) is 38.0 Å². The van der Waals surface area contributed by atoms with E-state index in [9.17, 15) is 4.79 Å². The van der Waals surface area contributed by atoms with Gasteiger partial charge < -0.3 is 4.74 Å². The van der Waals surface area contributed by atoms with Crippen LogP contribution < -0.4 is 0 Å². The van der Waals surface area contributed by atoms with E-state index >= 15 is 0 Å². The lowest BCUT2D eigenvalue weighted by molar-refractivity contribution is -0.131. The first-order chi connectivity index (χ1) is 8.29. The molecule has 1 saturated carbocycles. The fourth-order valence-electron chi connectivity index (χ4n) is 4.28. The van der Waals surface area contributed by atoms with E-state index in [4.69, 9.17) is 4.74 Å². The summed E-state index contributed by atoms with van der Waals surface area (Å²) in [5.74, 6) is 1.84. The number of rotatable bonds is 3. The van der Waals surface area contributed by atoms with Crippen LogP contribution in [0.15, 0.2) is 0 Å². The average molecular weight is 236 g/mol. The summed E-state index contributed by atoms with van der Waals surface area (Å²) in [5.41, 5.74) is 0. The monoisotopic (exact) mass is 236 g/mol. The third-order valence-electron chi connectivity index (χ3n) is 5.27. The molecule has 0 amide bonds. The number of ether oxygens (including phenoxy) is 1. The van der Waals surface area contributed by atoms with Crippen LogP contribution in [0, 0.1) is 17.8 Å². The summed E-state index contributed by atoms with van der Waals surface area (Å²) < 4.78 is 5.84. The fraction of sp³-hybridized carbons (Fsp3) is 0.933. The van der Waals surface area contributed by atoms with Gasteiger partial charge in [-0.3, -0.25) is 4.79 Å². The Kier molecular flexibility index (Phi) is 3.25. The molecule has 0 aromatic carbocycles. The largest absolute Gasteiger partial charge is 0.374 e. The lowest BCUT2D eigenvalue weighted by atomic mass is 9.70. The van der Waals surface area contributed by atoms with Crippen LogP contribution in [0.4, 0.5) is 0 Å². The zero-order valence-electron chi connectivity index (χ0n) is 10.9. The molecule has 0 spiro atoms. The van der Waals surface area contributed by atoms with Gasteiger partial charge in [-0.1, -0.05) is 26.2 Å². The molecule has 0 N–H and O–H groups in total. The zero-order valence-corrected chi connectivity index (χ0v) is 10.9. The van der Waals surface area contributed by atoms with Crippen LogP contribution in [0.2, 0.25) is 0 Å². The van der Waals surface area contributed by atoms with Crippen molar-refractivity contribution in [1.29, 1.82) is 0 Å². The second-order valence-corrected chi connectivity index (χ2v) is 6.18. The molecule has 0 aromatic rings. The Hall–Kier alpha value is -0.370. The van der Waals surface area contributed by atoms with Gasteiger partial charge in [0.1, 0.15) is 5.78 Å². The van der Waals surface area contributed by atoms with Crippen LogP contribution in [0.1, 0.15) is 58.3 Å². The maximum Gasteiger partial charge on any atom is 0.142 e. The van der Waals surface area contributed by atoms with Crippen molar-refractivity contribution in [2.24, 2.45) is 17.8 Å². The topological polar surface area (TPSA) is 26.3 Å². The summed E-state index contributed by atoms with van der Waals surface area (Å²) in [7, 11) is 0. The first-order valence-corrected chi connectivity index (χ1v) is 7.48. The Labute approximate surface area is 104 Å². The standard InChI is InChI=1S/C15H24O2/c1-2-10-5-3-4-6-12(10)15(16)13-9-11-7-8-14(13)17-11/h10-14H,2-9H2,1H3. The highest BCUT2D eigenvalue weighted by Gasteiger charge is 2.47. The number of ketones is 1. The summed E-state index contributed by atoms with van der Waals surface area (Å²) in [6.07, 6.45) is 10.2. The van der Waals surface area contributed by atoms with Gasteiger partial charge in [-0.15, -0.1) is 0 Å². The number of fused-ring (bicyclic) bond motifs is 2. The Morgan fingerprint density at radius 3 is 2.59 bits per heavy atom.